The van der Waals surface area contributed by atoms with E-state index in [1.54, 1.807) is 31.2 Å². The van der Waals surface area contributed by atoms with Crippen LogP contribution in [0.5, 0.6) is 0 Å². The highest BCUT2D eigenvalue weighted by molar-refractivity contribution is 5.96. The molecule has 0 bridgehead atoms. The summed E-state index contributed by atoms with van der Waals surface area (Å²) >= 11 is 0. The smallest absolute Gasteiger partial charge is 0.340 e. The zero-order valence-electron chi connectivity index (χ0n) is 12.8. The first-order chi connectivity index (χ1) is 10.5. The van der Waals surface area contributed by atoms with Crippen LogP contribution in [-0.2, 0) is 9.47 Å². The second kappa shape index (κ2) is 6.34. The Morgan fingerprint density at radius 2 is 1.59 bits per heavy atom. The minimum Gasteiger partial charge on any atom is -0.465 e. The van der Waals surface area contributed by atoms with Crippen LogP contribution in [0.2, 0.25) is 0 Å². The number of methoxy groups -OCH3 is 2. The van der Waals surface area contributed by atoms with E-state index in [1.165, 1.54) is 14.2 Å². The van der Waals surface area contributed by atoms with Gasteiger partial charge in [-0.3, -0.25) is 9.97 Å². The number of hydrogen-bond donors (Lipinski definition) is 0. The summed E-state index contributed by atoms with van der Waals surface area (Å²) in [5.74, 6) is -0.982. The molecule has 0 aromatic carbocycles. The van der Waals surface area contributed by atoms with Crippen molar-refractivity contribution in [3.05, 3.63) is 46.8 Å². The molecule has 2 rings (SSSR count). The minimum absolute atomic E-state index is 0.294. The van der Waals surface area contributed by atoms with Crippen molar-refractivity contribution >= 4 is 11.9 Å². The molecular weight excluding hydrogens is 284 g/mol. The number of nitrogens with zero attached hydrogens (tertiary/aromatic N) is 2. The maximum absolute atomic E-state index is 11.9. The zero-order valence-corrected chi connectivity index (χ0v) is 12.8. The summed E-state index contributed by atoms with van der Waals surface area (Å²) in [5.41, 5.74) is 2.79. The van der Waals surface area contributed by atoms with Crippen molar-refractivity contribution in [3.8, 4) is 11.4 Å². The molecule has 6 nitrogen and oxygen atoms in total. The molecule has 0 unspecified atom stereocenters. The Hall–Kier alpha value is -2.76. The molecule has 0 aliphatic carbocycles. The summed E-state index contributed by atoms with van der Waals surface area (Å²) in [6, 6.07) is 6.51. The molecule has 0 radical (unpaired) electrons. The van der Waals surface area contributed by atoms with Gasteiger partial charge in [0.2, 0.25) is 0 Å². The number of pyridine rings is 2. The average Bonchev–Trinajstić information content (AvgIpc) is 2.52. The molecule has 0 saturated heterocycles. The Labute approximate surface area is 128 Å². The molecule has 22 heavy (non-hydrogen) atoms. The van der Waals surface area contributed by atoms with Crippen LogP contribution >= 0.6 is 0 Å². The predicted molar refractivity (Wildman–Crippen MR) is 79.6 cm³/mol. The van der Waals surface area contributed by atoms with Gasteiger partial charge in [0, 0.05) is 11.4 Å². The van der Waals surface area contributed by atoms with E-state index in [9.17, 15) is 9.59 Å². The topological polar surface area (TPSA) is 78.4 Å². The SMILES string of the molecule is COC(=O)c1cc(C)nc(-c2nc(C)ccc2C(=O)OC)c1. The summed E-state index contributed by atoms with van der Waals surface area (Å²) in [4.78, 5) is 32.4. The Bertz CT molecular complexity index is 741. The molecule has 0 N–H and O–H groups in total. The van der Waals surface area contributed by atoms with E-state index in [4.69, 9.17) is 9.47 Å². The standard InChI is InChI=1S/C16H16N2O4/c1-9-5-6-12(16(20)22-4)14(18-9)13-8-11(15(19)21-3)7-10(2)17-13/h5-8H,1-4H3. The number of hydrogen-bond acceptors (Lipinski definition) is 6. The minimum atomic E-state index is -0.509. The predicted octanol–water partition coefficient (Wildman–Crippen LogP) is 2.33. The van der Waals surface area contributed by atoms with E-state index in [2.05, 4.69) is 9.97 Å². The van der Waals surface area contributed by atoms with Gasteiger partial charge >= 0.3 is 11.9 Å². The van der Waals surface area contributed by atoms with Gasteiger partial charge in [-0.15, -0.1) is 0 Å². The molecule has 2 aromatic heterocycles. The third-order valence-electron chi connectivity index (χ3n) is 3.06. The Morgan fingerprint density at radius 3 is 2.23 bits per heavy atom. The van der Waals surface area contributed by atoms with Gasteiger partial charge < -0.3 is 9.47 Å². The van der Waals surface area contributed by atoms with Crippen LogP contribution in [0.4, 0.5) is 0 Å². The fourth-order valence-corrected chi connectivity index (χ4v) is 2.05. The van der Waals surface area contributed by atoms with Gasteiger partial charge in [-0.1, -0.05) is 0 Å². The van der Waals surface area contributed by atoms with Crippen molar-refractivity contribution in [1.82, 2.24) is 9.97 Å². The molecule has 0 aliphatic rings. The van der Waals surface area contributed by atoms with Crippen LogP contribution < -0.4 is 0 Å². The van der Waals surface area contributed by atoms with E-state index >= 15 is 0 Å². The molecule has 0 aliphatic heterocycles. The lowest BCUT2D eigenvalue weighted by Gasteiger charge is -2.10. The van der Waals surface area contributed by atoms with E-state index in [-0.39, 0.29) is 0 Å². The Kier molecular flexibility index (Phi) is 4.50. The number of rotatable bonds is 3. The number of carbonyl (C=O) groups excluding carboxylic acids is 2. The molecule has 0 atom stereocenters. The molecule has 2 heterocycles. The maximum Gasteiger partial charge on any atom is 0.340 e. The lowest BCUT2D eigenvalue weighted by molar-refractivity contribution is 0.0593. The molecule has 0 saturated carbocycles. The fraction of sp³-hybridized carbons (Fsp3) is 0.250. The Morgan fingerprint density at radius 1 is 0.909 bits per heavy atom. The largest absolute Gasteiger partial charge is 0.465 e. The molecule has 0 amide bonds. The lowest BCUT2D eigenvalue weighted by atomic mass is 10.1. The summed E-state index contributed by atoms with van der Waals surface area (Å²) in [6.07, 6.45) is 0. The highest BCUT2D eigenvalue weighted by Gasteiger charge is 2.18. The molecule has 2 aromatic rings. The molecule has 0 fully saturated rings. The van der Waals surface area contributed by atoms with E-state index in [0.717, 1.165) is 5.69 Å². The van der Waals surface area contributed by atoms with Crippen LogP contribution in [0.1, 0.15) is 32.1 Å². The summed E-state index contributed by atoms with van der Waals surface area (Å²) < 4.78 is 9.50. The first kappa shape index (κ1) is 15.6. The van der Waals surface area contributed by atoms with Crippen molar-refractivity contribution < 1.29 is 19.1 Å². The van der Waals surface area contributed by atoms with Crippen LogP contribution in [0.3, 0.4) is 0 Å². The number of carbonyl (C=O) groups is 2. The van der Waals surface area contributed by atoms with Crippen molar-refractivity contribution in [2.75, 3.05) is 14.2 Å². The van der Waals surface area contributed by atoms with Gasteiger partial charge in [0.1, 0.15) is 5.69 Å². The second-order valence-electron chi connectivity index (χ2n) is 4.71. The maximum atomic E-state index is 11.9. The van der Waals surface area contributed by atoms with Crippen molar-refractivity contribution in [2.24, 2.45) is 0 Å². The van der Waals surface area contributed by atoms with Crippen molar-refractivity contribution in [2.45, 2.75) is 13.8 Å². The van der Waals surface area contributed by atoms with Crippen molar-refractivity contribution in [1.29, 1.82) is 0 Å². The van der Waals surface area contributed by atoms with Gasteiger partial charge in [-0.05, 0) is 38.1 Å². The van der Waals surface area contributed by atoms with Gasteiger partial charge in [0.25, 0.3) is 0 Å². The van der Waals surface area contributed by atoms with E-state index < -0.39 is 11.9 Å². The number of ether oxygens (including phenoxy) is 2. The van der Waals surface area contributed by atoms with Gasteiger partial charge in [-0.2, -0.15) is 0 Å². The highest BCUT2D eigenvalue weighted by atomic mass is 16.5. The number of esters is 2. The number of aryl methyl sites for hydroxylation is 2. The highest BCUT2D eigenvalue weighted by Crippen LogP contribution is 2.23. The average molecular weight is 300 g/mol. The van der Waals surface area contributed by atoms with Gasteiger partial charge in [0.05, 0.1) is 31.0 Å². The van der Waals surface area contributed by atoms with Crippen LogP contribution in [-0.4, -0.2) is 36.1 Å². The quantitative estimate of drug-likeness (QED) is 0.810. The summed E-state index contributed by atoms with van der Waals surface area (Å²) in [5, 5.41) is 0. The molecule has 0 spiro atoms. The fourth-order valence-electron chi connectivity index (χ4n) is 2.05. The lowest BCUT2D eigenvalue weighted by Crippen LogP contribution is -2.08. The first-order valence-corrected chi connectivity index (χ1v) is 6.59. The Balaban J connectivity index is 2.65. The van der Waals surface area contributed by atoms with E-state index in [0.29, 0.717) is 28.2 Å². The third-order valence-corrected chi connectivity index (χ3v) is 3.06. The molecule has 6 heteroatoms. The zero-order chi connectivity index (χ0) is 16.3. The van der Waals surface area contributed by atoms with Crippen molar-refractivity contribution in [3.63, 3.8) is 0 Å². The van der Waals surface area contributed by atoms with Crippen LogP contribution in [0.25, 0.3) is 11.4 Å². The van der Waals surface area contributed by atoms with Crippen LogP contribution in [0, 0.1) is 13.8 Å². The third kappa shape index (κ3) is 3.11. The molecular formula is C16H16N2O4. The van der Waals surface area contributed by atoms with Gasteiger partial charge in [0.15, 0.2) is 0 Å². The first-order valence-electron chi connectivity index (χ1n) is 6.59. The summed E-state index contributed by atoms with van der Waals surface area (Å²) in [7, 11) is 2.61. The summed E-state index contributed by atoms with van der Waals surface area (Å²) in [6.45, 7) is 3.56. The number of aromatic nitrogens is 2. The van der Waals surface area contributed by atoms with Crippen LogP contribution in [0.15, 0.2) is 24.3 Å². The second-order valence-corrected chi connectivity index (χ2v) is 4.71. The van der Waals surface area contributed by atoms with E-state index in [1.807, 2.05) is 6.92 Å². The normalized spacial score (nSPS) is 10.2. The van der Waals surface area contributed by atoms with Gasteiger partial charge in [-0.25, -0.2) is 9.59 Å². The monoisotopic (exact) mass is 300 g/mol. The molecule has 114 valence electrons.